The molecule has 0 aliphatic carbocycles. The van der Waals surface area contributed by atoms with Gasteiger partial charge in [0.15, 0.2) is 5.96 Å². The van der Waals surface area contributed by atoms with Crippen molar-refractivity contribution in [3.05, 3.63) is 30.1 Å². The highest BCUT2D eigenvalue weighted by Crippen LogP contribution is 2.18. The minimum Gasteiger partial charge on any atom is -0.356 e. The molecule has 0 amide bonds. The molecule has 2 rings (SSSR count). The summed E-state index contributed by atoms with van der Waals surface area (Å²) in [6.07, 6.45) is 3.58. The molecule has 1 unspecified atom stereocenters. The van der Waals surface area contributed by atoms with E-state index in [-0.39, 0.29) is 29.8 Å². The second-order valence-electron chi connectivity index (χ2n) is 5.81. The van der Waals surface area contributed by atoms with Crippen molar-refractivity contribution in [3.8, 4) is 0 Å². The average Bonchev–Trinajstić information content (AvgIpc) is 2.97. The molecule has 1 aliphatic heterocycles. The largest absolute Gasteiger partial charge is 0.356 e. The Kier molecular flexibility index (Phi) is 10.7. The van der Waals surface area contributed by atoms with Gasteiger partial charge in [-0.15, -0.1) is 35.7 Å². The van der Waals surface area contributed by atoms with Crippen molar-refractivity contribution in [2.45, 2.75) is 30.2 Å². The number of hydrogen-bond donors (Lipinski definition) is 2. The molecule has 0 bridgehead atoms. The fourth-order valence-electron chi connectivity index (χ4n) is 2.67. The first-order valence-electron chi connectivity index (χ1n) is 8.22. The van der Waals surface area contributed by atoms with Crippen LogP contribution in [-0.4, -0.2) is 56.4 Å². The quantitative estimate of drug-likeness (QED) is 0.213. The topological polar surface area (TPSA) is 39.7 Å². The Morgan fingerprint density at radius 2 is 2.08 bits per heavy atom. The fraction of sp³-hybridized carbons (Fsp3) is 0.588. The van der Waals surface area contributed by atoms with Gasteiger partial charge in [0, 0.05) is 31.1 Å². The lowest BCUT2D eigenvalue weighted by atomic mass is 10.2. The number of aliphatic imine (C=N–C) groups is 1. The first-order chi connectivity index (χ1) is 11.2. The molecule has 136 valence electrons. The maximum atomic E-state index is 12.8. The van der Waals surface area contributed by atoms with Crippen molar-refractivity contribution in [3.63, 3.8) is 0 Å². The summed E-state index contributed by atoms with van der Waals surface area (Å²) in [4.78, 5) is 7.78. The van der Waals surface area contributed by atoms with E-state index in [1.807, 2.05) is 12.1 Å². The van der Waals surface area contributed by atoms with Gasteiger partial charge in [-0.2, -0.15) is 0 Å². The molecule has 1 atom stereocenters. The smallest absolute Gasteiger partial charge is 0.191 e. The molecule has 1 saturated heterocycles. The van der Waals surface area contributed by atoms with Crippen LogP contribution < -0.4 is 10.6 Å². The molecule has 1 heterocycles. The zero-order valence-electron chi connectivity index (χ0n) is 14.4. The third-order valence-corrected chi connectivity index (χ3v) is 5.19. The van der Waals surface area contributed by atoms with Crippen molar-refractivity contribution in [2.75, 3.05) is 39.5 Å². The van der Waals surface area contributed by atoms with Gasteiger partial charge in [0.1, 0.15) is 5.82 Å². The van der Waals surface area contributed by atoms with Crippen LogP contribution in [0.5, 0.6) is 0 Å². The molecular weight excluding hydrogens is 438 g/mol. The van der Waals surface area contributed by atoms with E-state index in [4.69, 9.17) is 0 Å². The number of benzene rings is 1. The Hall–Kier alpha value is -0.540. The van der Waals surface area contributed by atoms with E-state index in [1.54, 1.807) is 18.8 Å². The van der Waals surface area contributed by atoms with Crippen LogP contribution in [0.4, 0.5) is 4.39 Å². The number of thioether (sulfide) groups is 1. The second kappa shape index (κ2) is 11.9. The molecule has 0 saturated carbocycles. The van der Waals surface area contributed by atoms with Gasteiger partial charge >= 0.3 is 0 Å². The van der Waals surface area contributed by atoms with Crippen molar-refractivity contribution in [2.24, 2.45) is 4.99 Å². The Morgan fingerprint density at radius 3 is 2.71 bits per heavy atom. The first-order valence-corrected chi connectivity index (χ1v) is 9.20. The number of likely N-dealkylation sites (tertiary alicyclic amines) is 1. The molecule has 1 aromatic rings. The lowest BCUT2D eigenvalue weighted by Crippen LogP contribution is -2.44. The number of hydrogen-bond acceptors (Lipinski definition) is 3. The van der Waals surface area contributed by atoms with Crippen LogP contribution in [0.2, 0.25) is 0 Å². The summed E-state index contributed by atoms with van der Waals surface area (Å²) in [5.74, 6) is 1.69. The summed E-state index contributed by atoms with van der Waals surface area (Å²) in [6, 6.07) is 7.28. The third-order valence-electron chi connectivity index (χ3n) is 4.10. The van der Waals surface area contributed by atoms with Crippen LogP contribution in [0, 0.1) is 5.82 Å². The van der Waals surface area contributed by atoms with Crippen molar-refractivity contribution < 1.29 is 4.39 Å². The van der Waals surface area contributed by atoms with Crippen molar-refractivity contribution in [1.82, 2.24) is 15.5 Å². The predicted octanol–water partition coefficient (Wildman–Crippen LogP) is 3.19. The van der Waals surface area contributed by atoms with E-state index in [2.05, 4.69) is 27.6 Å². The van der Waals surface area contributed by atoms with Gasteiger partial charge in [-0.25, -0.2) is 4.39 Å². The average molecular weight is 466 g/mol. The van der Waals surface area contributed by atoms with Crippen LogP contribution in [0.1, 0.15) is 19.3 Å². The number of nitrogens with zero attached hydrogens (tertiary/aromatic N) is 2. The molecule has 0 spiro atoms. The maximum absolute atomic E-state index is 12.8. The molecular formula is C17H28FIN4S. The molecule has 0 radical (unpaired) electrons. The van der Waals surface area contributed by atoms with E-state index in [0.717, 1.165) is 36.1 Å². The van der Waals surface area contributed by atoms with E-state index in [0.29, 0.717) is 6.04 Å². The van der Waals surface area contributed by atoms with Gasteiger partial charge in [0.25, 0.3) is 0 Å². The summed E-state index contributed by atoms with van der Waals surface area (Å²) >= 11 is 1.75. The highest BCUT2D eigenvalue weighted by Gasteiger charge is 2.20. The van der Waals surface area contributed by atoms with Gasteiger partial charge in [0.2, 0.25) is 0 Å². The molecule has 2 N–H and O–H groups in total. The second-order valence-corrected chi connectivity index (χ2v) is 6.98. The van der Waals surface area contributed by atoms with E-state index in [9.17, 15) is 4.39 Å². The van der Waals surface area contributed by atoms with E-state index >= 15 is 0 Å². The summed E-state index contributed by atoms with van der Waals surface area (Å²) in [5, 5.41) is 6.76. The maximum Gasteiger partial charge on any atom is 0.191 e. The predicted molar refractivity (Wildman–Crippen MR) is 112 cm³/mol. The van der Waals surface area contributed by atoms with Gasteiger partial charge in [-0.1, -0.05) is 0 Å². The Bertz CT molecular complexity index is 498. The summed E-state index contributed by atoms with van der Waals surface area (Å²) in [6.45, 7) is 3.02. The van der Waals surface area contributed by atoms with E-state index < -0.39 is 0 Å². The lowest BCUT2D eigenvalue weighted by molar-refractivity contribution is 0.309. The molecule has 7 heteroatoms. The van der Waals surface area contributed by atoms with Gasteiger partial charge in [-0.3, -0.25) is 4.99 Å². The monoisotopic (exact) mass is 466 g/mol. The Balaban J connectivity index is 0.00000288. The molecule has 1 aliphatic rings. The normalized spacial score (nSPS) is 18.3. The number of guanidine groups is 1. The van der Waals surface area contributed by atoms with Gasteiger partial charge in [-0.05, 0) is 62.9 Å². The minimum atomic E-state index is -0.182. The lowest BCUT2D eigenvalue weighted by Gasteiger charge is -2.21. The molecule has 4 nitrogen and oxygen atoms in total. The first kappa shape index (κ1) is 21.5. The SMILES string of the molecule is CN=C(NCCCSc1ccc(F)cc1)NCC1CCCN1C.I. The van der Waals surface area contributed by atoms with Crippen molar-refractivity contribution >= 4 is 41.7 Å². The standard InChI is InChI=1S/C17H27FN4S.HI/c1-19-17(21-13-15-5-3-11-22(15)2)20-10-4-12-23-16-8-6-14(18)7-9-16;/h6-9,15H,3-5,10-13H2,1-2H3,(H2,19,20,21);1H. The molecule has 1 aromatic carbocycles. The summed E-state index contributed by atoms with van der Waals surface area (Å²) in [7, 11) is 3.99. The third kappa shape index (κ3) is 7.57. The fourth-order valence-corrected chi connectivity index (χ4v) is 3.52. The highest BCUT2D eigenvalue weighted by molar-refractivity contribution is 14.0. The van der Waals surface area contributed by atoms with Crippen LogP contribution in [0.15, 0.2) is 34.2 Å². The molecule has 0 aromatic heterocycles. The number of nitrogens with one attached hydrogen (secondary N) is 2. The number of rotatable bonds is 7. The molecule has 24 heavy (non-hydrogen) atoms. The number of likely N-dealkylation sites (N-methyl/N-ethyl adjacent to an activating group) is 1. The number of halogens is 2. The minimum absolute atomic E-state index is 0. The van der Waals surface area contributed by atoms with Crippen molar-refractivity contribution in [1.29, 1.82) is 0 Å². The zero-order chi connectivity index (χ0) is 16.5. The van der Waals surface area contributed by atoms with Crippen LogP contribution in [0.3, 0.4) is 0 Å². The van der Waals surface area contributed by atoms with Crippen LogP contribution in [-0.2, 0) is 0 Å². The summed E-state index contributed by atoms with van der Waals surface area (Å²) < 4.78 is 12.8. The Morgan fingerprint density at radius 1 is 1.33 bits per heavy atom. The zero-order valence-corrected chi connectivity index (χ0v) is 17.6. The molecule has 1 fully saturated rings. The highest BCUT2D eigenvalue weighted by atomic mass is 127. The van der Waals surface area contributed by atoms with Crippen LogP contribution >= 0.6 is 35.7 Å². The van der Waals surface area contributed by atoms with Crippen LogP contribution in [0.25, 0.3) is 0 Å². The summed E-state index contributed by atoms with van der Waals surface area (Å²) in [5.41, 5.74) is 0. The van der Waals surface area contributed by atoms with Gasteiger partial charge < -0.3 is 15.5 Å². The van der Waals surface area contributed by atoms with Gasteiger partial charge in [0.05, 0.1) is 0 Å². The Labute approximate surface area is 166 Å². The van der Waals surface area contributed by atoms with E-state index in [1.165, 1.54) is 31.5 Å².